The molecular weight excluding hydrogens is 366 g/mol. The summed E-state index contributed by atoms with van der Waals surface area (Å²) in [6, 6.07) is 13.5. The standard InChI is InChI=1S/C20H22BrNO2/c1-3-4-13-24-17-9-6-16(7-10-17)8-12-20(23)22-19-11-5-15(2)14-18(19)21/h5-12,14H,3-4,13H2,1-2H3,(H,22,23). The van der Waals surface area contributed by atoms with Crippen LogP contribution in [0.4, 0.5) is 5.69 Å². The van der Waals surface area contributed by atoms with Crippen LogP contribution in [0.3, 0.4) is 0 Å². The number of carbonyl (C=O) groups excluding carboxylic acids is 1. The Morgan fingerprint density at radius 3 is 2.62 bits per heavy atom. The third-order valence-corrected chi connectivity index (χ3v) is 4.11. The molecule has 0 aromatic heterocycles. The van der Waals surface area contributed by atoms with Crippen LogP contribution in [0.5, 0.6) is 5.75 Å². The van der Waals surface area contributed by atoms with E-state index in [1.54, 1.807) is 6.08 Å². The maximum Gasteiger partial charge on any atom is 0.248 e. The summed E-state index contributed by atoms with van der Waals surface area (Å²) in [4.78, 5) is 12.0. The Balaban J connectivity index is 1.91. The Morgan fingerprint density at radius 2 is 1.96 bits per heavy atom. The molecule has 3 nitrogen and oxygen atoms in total. The molecule has 4 heteroatoms. The normalized spacial score (nSPS) is 10.8. The van der Waals surface area contributed by atoms with E-state index >= 15 is 0 Å². The van der Waals surface area contributed by atoms with Gasteiger partial charge in [0.05, 0.1) is 12.3 Å². The van der Waals surface area contributed by atoms with Gasteiger partial charge in [-0.15, -0.1) is 0 Å². The summed E-state index contributed by atoms with van der Waals surface area (Å²) in [5, 5.41) is 2.86. The molecule has 0 saturated carbocycles. The SMILES string of the molecule is CCCCOc1ccc(C=CC(=O)Nc2ccc(C)cc2Br)cc1. The van der Waals surface area contributed by atoms with E-state index in [0.717, 1.165) is 46.5 Å². The van der Waals surface area contributed by atoms with Gasteiger partial charge in [-0.1, -0.05) is 31.5 Å². The van der Waals surface area contributed by atoms with Gasteiger partial charge in [-0.2, -0.15) is 0 Å². The van der Waals surface area contributed by atoms with Gasteiger partial charge in [0.2, 0.25) is 5.91 Å². The van der Waals surface area contributed by atoms with Gasteiger partial charge in [0.25, 0.3) is 0 Å². The van der Waals surface area contributed by atoms with E-state index in [0.29, 0.717) is 0 Å². The molecule has 0 saturated heterocycles. The van der Waals surface area contributed by atoms with Gasteiger partial charge in [-0.05, 0) is 70.7 Å². The van der Waals surface area contributed by atoms with Crippen molar-refractivity contribution in [1.29, 1.82) is 0 Å². The summed E-state index contributed by atoms with van der Waals surface area (Å²) in [5.41, 5.74) is 2.85. The molecule has 1 N–H and O–H groups in total. The number of benzene rings is 2. The van der Waals surface area contributed by atoms with Crippen LogP contribution in [-0.2, 0) is 4.79 Å². The second-order valence-electron chi connectivity index (χ2n) is 5.58. The molecule has 0 unspecified atom stereocenters. The number of hydrogen-bond donors (Lipinski definition) is 1. The molecule has 0 heterocycles. The monoisotopic (exact) mass is 387 g/mol. The highest BCUT2D eigenvalue weighted by Crippen LogP contribution is 2.23. The van der Waals surface area contributed by atoms with Crippen LogP contribution in [-0.4, -0.2) is 12.5 Å². The topological polar surface area (TPSA) is 38.3 Å². The fourth-order valence-corrected chi connectivity index (χ4v) is 2.67. The number of hydrogen-bond acceptors (Lipinski definition) is 2. The van der Waals surface area contributed by atoms with Gasteiger partial charge in [-0.3, -0.25) is 4.79 Å². The van der Waals surface area contributed by atoms with Crippen molar-refractivity contribution in [3.63, 3.8) is 0 Å². The molecule has 0 aliphatic heterocycles. The number of halogens is 1. The van der Waals surface area contributed by atoms with Gasteiger partial charge in [-0.25, -0.2) is 0 Å². The Morgan fingerprint density at radius 1 is 1.21 bits per heavy atom. The third-order valence-electron chi connectivity index (χ3n) is 3.46. The van der Waals surface area contributed by atoms with Crippen molar-refractivity contribution >= 4 is 33.6 Å². The predicted molar refractivity (Wildman–Crippen MR) is 103 cm³/mol. The lowest BCUT2D eigenvalue weighted by molar-refractivity contribution is -0.111. The van der Waals surface area contributed by atoms with Crippen LogP contribution in [0.15, 0.2) is 53.0 Å². The summed E-state index contributed by atoms with van der Waals surface area (Å²) < 4.78 is 6.49. The van der Waals surface area contributed by atoms with Crippen molar-refractivity contribution in [3.05, 3.63) is 64.1 Å². The molecule has 0 fully saturated rings. The number of anilines is 1. The average Bonchev–Trinajstić information content (AvgIpc) is 2.57. The van der Waals surface area contributed by atoms with Crippen molar-refractivity contribution in [2.24, 2.45) is 0 Å². The van der Waals surface area contributed by atoms with Crippen molar-refractivity contribution in [2.45, 2.75) is 26.7 Å². The van der Waals surface area contributed by atoms with Crippen molar-refractivity contribution in [2.75, 3.05) is 11.9 Å². The van der Waals surface area contributed by atoms with Crippen LogP contribution in [0.25, 0.3) is 6.08 Å². The molecular formula is C20H22BrNO2. The molecule has 2 aromatic carbocycles. The van der Waals surface area contributed by atoms with Crippen LogP contribution < -0.4 is 10.1 Å². The summed E-state index contributed by atoms with van der Waals surface area (Å²) in [5.74, 6) is 0.691. The minimum Gasteiger partial charge on any atom is -0.494 e. The Kier molecular flexibility index (Phi) is 7.07. The molecule has 126 valence electrons. The average molecular weight is 388 g/mol. The van der Waals surface area contributed by atoms with Crippen molar-refractivity contribution in [3.8, 4) is 5.75 Å². The first kappa shape index (κ1) is 18.3. The molecule has 2 rings (SSSR count). The number of amides is 1. The fraction of sp³-hybridized carbons (Fsp3) is 0.250. The number of nitrogens with one attached hydrogen (secondary N) is 1. The molecule has 1 amide bonds. The van der Waals surface area contributed by atoms with Gasteiger partial charge >= 0.3 is 0 Å². The maximum absolute atomic E-state index is 12.0. The molecule has 0 aliphatic rings. The number of unbranched alkanes of at least 4 members (excludes halogenated alkanes) is 1. The van der Waals surface area contributed by atoms with Crippen LogP contribution >= 0.6 is 15.9 Å². The summed E-state index contributed by atoms with van der Waals surface area (Å²) >= 11 is 3.45. The summed E-state index contributed by atoms with van der Waals surface area (Å²) in [6.45, 7) is 4.88. The highest BCUT2D eigenvalue weighted by molar-refractivity contribution is 9.10. The smallest absolute Gasteiger partial charge is 0.248 e. The van der Waals surface area contributed by atoms with E-state index in [2.05, 4.69) is 28.2 Å². The number of ether oxygens (including phenoxy) is 1. The van der Waals surface area contributed by atoms with Crippen LogP contribution in [0.1, 0.15) is 30.9 Å². The summed E-state index contributed by atoms with van der Waals surface area (Å²) in [6.07, 6.45) is 5.48. The van der Waals surface area contributed by atoms with E-state index in [4.69, 9.17) is 4.74 Å². The fourth-order valence-electron chi connectivity index (χ4n) is 2.08. The quantitative estimate of drug-likeness (QED) is 0.496. The lowest BCUT2D eigenvalue weighted by atomic mass is 10.2. The first-order chi connectivity index (χ1) is 11.6. The minimum atomic E-state index is -0.164. The molecule has 0 spiro atoms. The molecule has 24 heavy (non-hydrogen) atoms. The zero-order valence-corrected chi connectivity index (χ0v) is 15.6. The predicted octanol–water partition coefficient (Wildman–Crippen LogP) is 5.59. The zero-order chi connectivity index (χ0) is 17.4. The number of aryl methyl sites for hydroxylation is 1. The lowest BCUT2D eigenvalue weighted by Crippen LogP contribution is -2.08. The molecule has 0 atom stereocenters. The Labute approximate surface area is 151 Å². The van der Waals surface area contributed by atoms with E-state index < -0.39 is 0 Å². The molecule has 0 bridgehead atoms. The highest BCUT2D eigenvalue weighted by atomic mass is 79.9. The van der Waals surface area contributed by atoms with Gasteiger partial charge in [0, 0.05) is 10.5 Å². The largest absolute Gasteiger partial charge is 0.494 e. The third kappa shape index (κ3) is 5.85. The Hall–Kier alpha value is -2.07. The number of carbonyl (C=O) groups is 1. The van der Waals surface area contributed by atoms with E-state index in [-0.39, 0.29) is 5.91 Å². The second-order valence-corrected chi connectivity index (χ2v) is 6.43. The highest BCUT2D eigenvalue weighted by Gasteiger charge is 2.03. The van der Waals surface area contributed by atoms with E-state index in [1.165, 1.54) is 6.08 Å². The van der Waals surface area contributed by atoms with E-state index in [9.17, 15) is 4.79 Å². The zero-order valence-electron chi connectivity index (χ0n) is 14.0. The van der Waals surface area contributed by atoms with Crippen molar-refractivity contribution < 1.29 is 9.53 Å². The van der Waals surface area contributed by atoms with Crippen LogP contribution in [0.2, 0.25) is 0 Å². The van der Waals surface area contributed by atoms with Crippen molar-refractivity contribution in [1.82, 2.24) is 0 Å². The molecule has 0 aliphatic carbocycles. The first-order valence-corrected chi connectivity index (χ1v) is 8.86. The first-order valence-electron chi connectivity index (χ1n) is 8.06. The minimum absolute atomic E-state index is 0.164. The van der Waals surface area contributed by atoms with E-state index in [1.807, 2.05) is 49.4 Å². The van der Waals surface area contributed by atoms with Gasteiger partial charge in [0.15, 0.2) is 0 Å². The van der Waals surface area contributed by atoms with Gasteiger partial charge in [0.1, 0.15) is 5.75 Å². The maximum atomic E-state index is 12.0. The summed E-state index contributed by atoms with van der Waals surface area (Å²) in [7, 11) is 0. The molecule has 0 radical (unpaired) electrons. The van der Waals surface area contributed by atoms with Crippen LogP contribution in [0, 0.1) is 6.92 Å². The molecule has 2 aromatic rings. The lowest BCUT2D eigenvalue weighted by Gasteiger charge is -2.06. The number of rotatable bonds is 7. The van der Waals surface area contributed by atoms with Gasteiger partial charge < -0.3 is 10.1 Å². The Bertz CT molecular complexity index is 708. The second kappa shape index (κ2) is 9.28.